The molecule has 0 radical (unpaired) electrons. The van der Waals surface area contributed by atoms with Crippen LogP contribution < -0.4 is 5.32 Å². The van der Waals surface area contributed by atoms with Gasteiger partial charge in [0.25, 0.3) is 0 Å². The first-order valence-electron chi connectivity index (χ1n) is 6.34. The molecule has 0 amide bonds. The second-order valence-electron chi connectivity index (χ2n) is 5.24. The molecule has 0 aromatic rings. The van der Waals surface area contributed by atoms with Crippen LogP contribution in [0.2, 0.25) is 0 Å². The molecule has 2 aliphatic heterocycles. The highest BCUT2D eigenvalue weighted by Gasteiger charge is 2.47. The number of hydrogen-bond acceptors (Lipinski definition) is 3. The number of nitrogens with one attached hydrogen (secondary N) is 1. The first-order chi connectivity index (χ1) is 7.39. The molecular weight excluding hydrogens is 190 g/mol. The third-order valence-corrected chi connectivity index (χ3v) is 4.31. The van der Waals surface area contributed by atoms with Crippen LogP contribution in [0, 0.1) is 5.92 Å². The van der Waals surface area contributed by atoms with Crippen molar-refractivity contribution in [1.29, 1.82) is 0 Å². The van der Waals surface area contributed by atoms with Crippen LogP contribution in [0.1, 0.15) is 32.1 Å². The van der Waals surface area contributed by atoms with E-state index in [9.17, 15) is 0 Å². The molecule has 3 fully saturated rings. The van der Waals surface area contributed by atoms with Crippen molar-refractivity contribution in [2.24, 2.45) is 5.92 Å². The van der Waals surface area contributed by atoms with Gasteiger partial charge in [-0.15, -0.1) is 0 Å². The lowest BCUT2D eigenvalue weighted by Gasteiger charge is -2.51. The largest absolute Gasteiger partial charge is 0.381 e. The van der Waals surface area contributed by atoms with Crippen LogP contribution in [0.15, 0.2) is 0 Å². The molecule has 1 N–H and O–H groups in total. The molecule has 3 aliphatic rings. The fourth-order valence-corrected chi connectivity index (χ4v) is 3.19. The predicted molar refractivity (Wildman–Crippen MR) is 57.9 cm³/mol. The van der Waals surface area contributed by atoms with E-state index in [1.807, 2.05) is 0 Å². The maximum atomic E-state index is 6.02. The van der Waals surface area contributed by atoms with Gasteiger partial charge in [0.05, 0.1) is 12.2 Å². The SMILES string of the molecule is C1CC2(C1)OCCNC2CC1CCOC1. The van der Waals surface area contributed by atoms with Gasteiger partial charge in [-0.05, 0) is 38.0 Å². The second-order valence-corrected chi connectivity index (χ2v) is 5.24. The van der Waals surface area contributed by atoms with E-state index < -0.39 is 0 Å². The van der Waals surface area contributed by atoms with Crippen LogP contribution in [-0.2, 0) is 9.47 Å². The predicted octanol–water partition coefficient (Wildman–Crippen LogP) is 1.32. The van der Waals surface area contributed by atoms with E-state index in [1.165, 1.54) is 32.1 Å². The summed E-state index contributed by atoms with van der Waals surface area (Å²) in [6, 6.07) is 0.590. The molecular formula is C12H21NO2. The van der Waals surface area contributed by atoms with E-state index in [-0.39, 0.29) is 5.60 Å². The maximum absolute atomic E-state index is 6.02. The quantitative estimate of drug-likeness (QED) is 0.747. The average Bonchev–Trinajstić information content (AvgIpc) is 2.69. The molecule has 1 saturated carbocycles. The van der Waals surface area contributed by atoms with Gasteiger partial charge in [0.1, 0.15) is 0 Å². The van der Waals surface area contributed by atoms with E-state index in [2.05, 4.69) is 5.32 Å². The third kappa shape index (κ3) is 1.81. The van der Waals surface area contributed by atoms with Gasteiger partial charge in [-0.3, -0.25) is 0 Å². The van der Waals surface area contributed by atoms with E-state index in [4.69, 9.17) is 9.47 Å². The maximum Gasteiger partial charge on any atom is 0.0835 e. The highest BCUT2D eigenvalue weighted by atomic mass is 16.5. The summed E-state index contributed by atoms with van der Waals surface area (Å²) in [6.07, 6.45) is 6.37. The fourth-order valence-electron chi connectivity index (χ4n) is 3.19. The number of hydrogen-bond donors (Lipinski definition) is 1. The third-order valence-electron chi connectivity index (χ3n) is 4.31. The van der Waals surface area contributed by atoms with Gasteiger partial charge < -0.3 is 14.8 Å². The Kier molecular flexibility index (Phi) is 2.71. The molecule has 3 rings (SSSR count). The van der Waals surface area contributed by atoms with Gasteiger partial charge >= 0.3 is 0 Å². The minimum Gasteiger partial charge on any atom is -0.381 e. The molecule has 86 valence electrons. The van der Waals surface area contributed by atoms with Crippen LogP contribution in [0.5, 0.6) is 0 Å². The molecule has 2 atom stereocenters. The standard InChI is InChI=1S/C12H21NO2/c1-3-12(4-1)11(13-5-7-15-12)8-10-2-6-14-9-10/h10-11,13H,1-9H2. The molecule has 1 spiro atoms. The summed E-state index contributed by atoms with van der Waals surface area (Å²) >= 11 is 0. The number of rotatable bonds is 2. The number of morpholine rings is 1. The molecule has 0 aromatic heterocycles. The summed E-state index contributed by atoms with van der Waals surface area (Å²) in [7, 11) is 0. The Labute approximate surface area is 91.5 Å². The summed E-state index contributed by atoms with van der Waals surface area (Å²) in [5.74, 6) is 0.765. The summed E-state index contributed by atoms with van der Waals surface area (Å²) in [5.41, 5.74) is 0.209. The molecule has 0 bridgehead atoms. The van der Waals surface area contributed by atoms with Gasteiger partial charge in [0, 0.05) is 25.8 Å². The highest BCUT2D eigenvalue weighted by Crippen LogP contribution is 2.42. The van der Waals surface area contributed by atoms with Crippen LogP contribution in [0.3, 0.4) is 0 Å². The van der Waals surface area contributed by atoms with Gasteiger partial charge in [-0.1, -0.05) is 0 Å². The van der Waals surface area contributed by atoms with Gasteiger partial charge in [-0.25, -0.2) is 0 Å². The van der Waals surface area contributed by atoms with Crippen molar-refractivity contribution in [1.82, 2.24) is 5.32 Å². The minimum atomic E-state index is 0.209. The lowest BCUT2D eigenvalue weighted by Crippen LogP contribution is -2.62. The van der Waals surface area contributed by atoms with E-state index >= 15 is 0 Å². The smallest absolute Gasteiger partial charge is 0.0835 e. The van der Waals surface area contributed by atoms with Gasteiger partial charge in [0.2, 0.25) is 0 Å². The first-order valence-corrected chi connectivity index (χ1v) is 6.34. The summed E-state index contributed by atoms with van der Waals surface area (Å²) in [4.78, 5) is 0. The van der Waals surface area contributed by atoms with Crippen molar-refractivity contribution in [3.05, 3.63) is 0 Å². The molecule has 2 heterocycles. The topological polar surface area (TPSA) is 30.5 Å². The van der Waals surface area contributed by atoms with Gasteiger partial charge in [-0.2, -0.15) is 0 Å². The van der Waals surface area contributed by atoms with Crippen molar-refractivity contribution < 1.29 is 9.47 Å². The Morgan fingerprint density at radius 3 is 2.87 bits per heavy atom. The fraction of sp³-hybridized carbons (Fsp3) is 1.00. The Morgan fingerprint density at radius 2 is 2.20 bits per heavy atom. The normalized spacial score (nSPS) is 39.2. The Bertz CT molecular complexity index is 222. The van der Waals surface area contributed by atoms with Crippen LogP contribution in [0.4, 0.5) is 0 Å². The molecule has 3 nitrogen and oxygen atoms in total. The molecule has 2 saturated heterocycles. The summed E-state index contributed by atoms with van der Waals surface area (Å²) in [5, 5.41) is 3.66. The highest BCUT2D eigenvalue weighted by molar-refractivity contribution is 5.02. The van der Waals surface area contributed by atoms with Crippen LogP contribution >= 0.6 is 0 Å². The van der Waals surface area contributed by atoms with Crippen molar-refractivity contribution >= 4 is 0 Å². The lowest BCUT2D eigenvalue weighted by molar-refractivity contribution is -0.148. The summed E-state index contributed by atoms with van der Waals surface area (Å²) < 4.78 is 11.5. The Morgan fingerprint density at radius 1 is 1.27 bits per heavy atom. The molecule has 15 heavy (non-hydrogen) atoms. The monoisotopic (exact) mass is 211 g/mol. The van der Waals surface area contributed by atoms with Crippen molar-refractivity contribution in [2.45, 2.75) is 43.7 Å². The zero-order valence-corrected chi connectivity index (χ0v) is 9.34. The van der Waals surface area contributed by atoms with E-state index in [0.29, 0.717) is 6.04 Å². The second kappa shape index (κ2) is 4.04. The van der Waals surface area contributed by atoms with E-state index in [1.54, 1.807) is 0 Å². The summed E-state index contributed by atoms with van der Waals surface area (Å²) in [6.45, 7) is 3.86. The molecule has 0 aromatic carbocycles. The average molecular weight is 211 g/mol. The van der Waals surface area contributed by atoms with E-state index in [0.717, 1.165) is 32.3 Å². The molecule has 3 heteroatoms. The van der Waals surface area contributed by atoms with Crippen molar-refractivity contribution in [3.8, 4) is 0 Å². The molecule has 2 unspecified atom stereocenters. The van der Waals surface area contributed by atoms with Crippen LogP contribution in [-0.4, -0.2) is 38.0 Å². The zero-order chi connectivity index (χ0) is 10.1. The number of ether oxygens (including phenoxy) is 2. The van der Waals surface area contributed by atoms with Gasteiger partial charge in [0.15, 0.2) is 0 Å². The van der Waals surface area contributed by atoms with Crippen molar-refractivity contribution in [2.75, 3.05) is 26.4 Å². The van der Waals surface area contributed by atoms with Crippen molar-refractivity contribution in [3.63, 3.8) is 0 Å². The minimum absolute atomic E-state index is 0.209. The molecule has 1 aliphatic carbocycles. The Hall–Kier alpha value is -0.120. The first kappa shape index (κ1) is 10.1. The van der Waals surface area contributed by atoms with Crippen LogP contribution in [0.25, 0.3) is 0 Å². The zero-order valence-electron chi connectivity index (χ0n) is 9.34. The lowest BCUT2D eigenvalue weighted by atomic mass is 9.71. The Balaban J connectivity index is 1.61.